The molecule has 132 valence electrons. The maximum Gasteiger partial charge on any atom is 0.348 e. The second-order valence-electron chi connectivity index (χ2n) is 5.82. The molecule has 0 N–H and O–H groups in total. The van der Waals surface area contributed by atoms with Gasteiger partial charge in [0, 0.05) is 23.7 Å². The van der Waals surface area contributed by atoms with Crippen LogP contribution in [0.2, 0.25) is 0 Å². The molecule has 1 amide bonds. The van der Waals surface area contributed by atoms with Crippen molar-refractivity contribution >= 4 is 40.5 Å². The van der Waals surface area contributed by atoms with Crippen LogP contribution in [-0.2, 0) is 16.1 Å². The van der Waals surface area contributed by atoms with Crippen molar-refractivity contribution in [3.63, 3.8) is 0 Å². The van der Waals surface area contributed by atoms with Crippen LogP contribution in [0.25, 0.3) is 10.6 Å². The van der Waals surface area contributed by atoms with E-state index in [-0.39, 0.29) is 23.8 Å². The van der Waals surface area contributed by atoms with E-state index in [1.54, 1.807) is 16.9 Å². The molecule has 1 saturated carbocycles. The molecule has 2 aromatic rings. The number of aliphatic imine (C=N–C) groups is 1. The van der Waals surface area contributed by atoms with E-state index in [2.05, 4.69) is 10.1 Å². The number of hydrogen-bond acceptors (Lipinski definition) is 5. The zero-order valence-electron chi connectivity index (χ0n) is 13.8. The van der Waals surface area contributed by atoms with Gasteiger partial charge >= 0.3 is 5.97 Å². The number of carbonyl (C=O) groups is 2. The van der Waals surface area contributed by atoms with E-state index in [1.165, 1.54) is 18.4 Å². The van der Waals surface area contributed by atoms with Gasteiger partial charge in [0.15, 0.2) is 0 Å². The molecule has 0 saturated heterocycles. The summed E-state index contributed by atoms with van der Waals surface area (Å²) in [6.45, 7) is 0.0890. The smallest absolute Gasteiger partial charge is 0.348 e. The highest BCUT2D eigenvalue weighted by Crippen LogP contribution is 2.27. The number of thiophene rings is 1. The van der Waals surface area contributed by atoms with Gasteiger partial charge in [0.25, 0.3) is 5.91 Å². The molecule has 8 heteroatoms. The SMILES string of the molecule is COC(=O)c1ccc(-c2ccn(CC(=O)N=C3CCCC(Cl)C3)n2)s1. The van der Waals surface area contributed by atoms with Gasteiger partial charge in [-0.3, -0.25) is 9.48 Å². The Morgan fingerprint density at radius 1 is 1.44 bits per heavy atom. The lowest BCUT2D eigenvalue weighted by molar-refractivity contribution is -0.118. The van der Waals surface area contributed by atoms with Crippen LogP contribution in [0.4, 0.5) is 0 Å². The predicted molar refractivity (Wildman–Crippen MR) is 97.4 cm³/mol. The van der Waals surface area contributed by atoms with Crippen molar-refractivity contribution in [1.82, 2.24) is 9.78 Å². The van der Waals surface area contributed by atoms with Crippen LogP contribution in [0.5, 0.6) is 0 Å². The Balaban J connectivity index is 1.65. The van der Waals surface area contributed by atoms with Gasteiger partial charge in [0.05, 0.1) is 12.0 Å². The van der Waals surface area contributed by atoms with Gasteiger partial charge in [0.1, 0.15) is 17.1 Å². The number of halogens is 1. The van der Waals surface area contributed by atoms with Crippen molar-refractivity contribution < 1.29 is 14.3 Å². The number of rotatable bonds is 4. The number of nitrogens with zero attached hydrogens (tertiary/aromatic N) is 3. The first-order valence-corrected chi connectivity index (χ1v) is 9.26. The Morgan fingerprint density at radius 3 is 3.04 bits per heavy atom. The third kappa shape index (κ3) is 4.55. The molecule has 25 heavy (non-hydrogen) atoms. The molecule has 1 unspecified atom stereocenters. The number of alkyl halides is 1. The summed E-state index contributed by atoms with van der Waals surface area (Å²) in [4.78, 5) is 29.2. The van der Waals surface area contributed by atoms with Gasteiger partial charge < -0.3 is 4.74 Å². The Kier molecular flexibility index (Phi) is 5.65. The average Bonchev–Trinajstić information content (AvgIpc) is 3.23. The van der Waals surface area contributed by atoms with Crippen molar-refractivity contribution in [1.29, 1.82) is 0 Å². The summed E-state index contributed by atoms with van der Waals surface area (Å²) in [6, 6.07) is 5.32. The number of esters is 1. The number of carbonyl (C=O) groups excluding carboxylic acids is 2. The maximum atomic E-state index is 12.1. The normalized spacial score (nSPS) is 19.1. The lowest BCUT2D eigenvalue weighted by Gasteiger charge is -2.17. The predicted octanol–water partition coefficient (Wildman–Crippen LogP) is 3.55. The summed E-state index contributed by atoms with van der Waals surface area (Å²) in [5.74, 6) is -0.594. The second kappa shape index (κ2) is 7.93. The molecule has 2 aromatic heterocycles. The standard InChI is InChI=1S/C17H18ClN3O3S/c1-24-17(23)15-6-5-14(25-15)13-7-8-21(20-13)10-16(22)19-12-4-2-3-11(18)9-12/h5-8,11H,2-4,9-10H2,1H3. The fourth-order valence-electron chi connectivity index (χ4n) is 2.71. The molecule has 3 rings (SSSR count). The largest absolute Gasteiger partial charge is 0.465 e. The van der Waals surface area contributed by atoms with Crippen LogP contribution in [0.3, 0.4) is 0 Å². The highest BCUT2D eigenvalue weighted by molar-refractivity contribution is 7.17. The average molecular weight is 380 g/mol. The van der Waals surface area contributed by atoms with Gasteiger partial charge in [0.2, 0.25) is 0 Å². The van der Waals surface area contributed by atoms with Crippen LogP contribution in [0, 0.1) is 0 Å². The third-order valence-electron chi connectivity index (χ3n) is 3.91. The third-order valence-corrected chi connectivity index (χ3v) is 5.37. The van der Waals surface area contributed by atoms with E-state index in [0.717, 1.165) is 29.9 Å². The van der Waals surface area contributed by atoms with E-state index in [9.17, 15) is 9.59 Å². The van der Waals surface area contributed by atoms with Crippen molar-refractivity contribution in [2.24, 2.45) is 4.99 Å². The van der Waals surface area contributed by atoms with E-state index in [0.29, 0.717) is 17.0 Å². The first kappa shape index (κ1) is 17.8. The number of ether oxygens (including phenoxy) is 1. The summed E-state index contributed by atoms with van der Waals surface area (Å²) in [6.07, 6.45) is 5.21. The highest BCUT2D eigenvalue weighted by Gasteiger charge is 2.17. The Labute approximate surface area is 154 Å². The number of aromatic nitrogens is 2. The Bertz CT molecular complexity index is 812. The molecule has 0 spiro atoms. The van der Waals surface area contributed by atoms with Gasteiger partial charge in [-0.2, -0.15) is 5.10 Å². The van der Waals surface area contributed by atoms with Crippen molar-refractivity contribution in [3.8, 4) is 10.6 Å². The van der Waals surface area contributed by atoms with Crippen LogP contribution in [0.1, 0.15) is 35.4 Å². The lowest BCUT2D eigenvalue weighted by atomic mass is 9.98. The fraction of sp³-hybridized carbons (Fsp3) is 0.412. The second-order valence-corrected chi connectivity index (χ2v) is 7.52. The van der Waals surface area contributed by atoms with Crippen molar-refractivity contribution in [2.75, 3.05) is 7.11 Å². The first-order chi connectivity index (χ1) is 12.0. The van der Waals surface area contributed by atoms with Gasteiger partial charge in [-0.05, 0) is 37.5 Å². The minimum atomic E-state index is -0.369. The van der Waals surface area contributed by atoms with Gasteiger partial charge in [-0.15, -0.1) is 22.9 Å². The molecule has 0 bridgehead atoms. The van der Waals surface area contributed by atoms with E-state index in [1.807, 2.05) is 12.1 Å². The van der Waals surface area contributed by atoms with Crippen molar-refractivity contribution in [2.45, 2.75) is 37.6 Å². The van der Waals surface area contributed by atoms with Crippen LogP contribution in [0.15, 0.2) is 29.4 Å². The molecule has 1 aliphatic carbocycles. The molecular formula is C17H18ClN3O3S. The molecule has 0 radical (unpaired) electrons. The zero-order valence-corrected chi connectivity index (χ0v) is 15.3. The number of hydrogen-bond donors (Lipinski definition) is 0. The van der Waals surface area contributed by atoms with Gasteiger partial charge in [-0.1, -0.05) is 0 Å². The van der Waals surface area contributed by atoms with Crippen LogP contribution in [-0.4, -0.2) is 39.9 Å². The topological polar surface area (TPSA) is 73.5 Å². The molecule has 1 aliphatic rings. The zero-order chi connectivity index (χ0) is 17.8. The number of methoxy groups -OCH3 is 1. The van der Waals surface area contributed by atoms with E-state index in [4.69, 9.17) is 16.3 Å². The summed E-state index contributed by atoms with van der Waals surface area (Å²) in [7, 11) is 1.35. The molecule has 6 nitrogen and oxygen atoms in total. The Morgan fingerprint density at radius 2 is 2.28 bits per heavy atom. The molecule has 2 heterocycles. The van der Waals surface area contributed by atoms with Crippen molar-refractivity contribution in [3.05, 3.63) is 29.3 Å². The molecule has 1 fully saturated rings. The monoisotopic (exact) mass is 379 g/mol. The quantitative estimate of drug-likeness (QED) is 0.601. The maximum absolute atomic E-state index is 12.1. The van der Waals surface area contributed by atoms with Crippen LogP contribution >= 0.6 is 22.9 Å². The lowest BCUT2D eigenvalue weighted by Crippen LogP contribution is -2.18. The van der Waals surface area contributed by atoms with E-state index >= 15 is 0 Å². The minimum Gasteiger partial charge on any atom is -0.465 e. The summed E-state index contributed by atoms with van der Waals surface area (Å²) >= 11 is 7.42. The molecule has 1 atom stereocenters. The number of amides is 1. The first-order valence-electron chi connectivity index (χ1n) is 8.00. The van der Waals surface area contributed by atoms with E-state index < -0.39 is 0 Å². The molecule has 0 aromatic carbocycles. The fourth-order valence-corrected chi connectivity index (χ4v) is 3.93. The summed E-state index contributed by atoms with van der Waals surface area (Å²) in [5.41, 5.74) is 1.59. The highest BCUT2D eigenvalue weighted by atomic mass is 35.5. The molecular weight excluding hydrogens is 362 g/mol. The molecule has 0 aliphatic heterocycles. The summed E-state index contributed by atoms with van der Waals surface area (Å²) in [5, 5.41) is 4.47. The van der Waals surface area contributed by atoms with Crippen LogP contribution < -0.4 is 0 Å². The van der Waals surface area contributed by atoms with Gasteiger partial charge in [-0.25, -0.2) is 9.79 Å². The summed E-state index contributed by atoms with van der Waals surface area (Å²) < 4.78 is 6.26. The Hall–Kier alpha value is -1.99. The minimum absolute atomic E-state index is 0.0828.